The van der Waals surface area contributed by atoms with Gasteiger partial charge in [-0.3, -0.25) is 9.36 Å². The molecule has 3 aromatic rings. The van der Waals surface area contributed by atoms with Crippen LogP contribution in [0, 0.1) is 0 Å². The molecule has 0 amide bonds. The average Bonchev–Trinajstić information content (AvgIpc) is 3.15. The minimum absolute atomic E-state index is 0.0621. The van der Waals surface area contributed by atoms with E-state index in [9.17, 15) is 9.59 Å². The number of rotatable bonds is 7. The van der Waals surface area contributed by atoms with Gasteiger partial charge in [-0.2, -0.15) is 0 Å². The van der Waals surface area contributed by atoms with Crippen molar-refractivity contribution >= 4 is 46.6 Å². The number of thiazole rings is 1. The lowest BCUT2D eigenvalue weighted by molar-refractivity contribution is -0.139. The number of ether oxygens (including phenoxy) is 3. The number of hydrogen-bond donors (Lipinski definition) is 0. The van der Waals surface area contributed by atoms with Crippen molar-refractivity contribution in [3.63, 3.8) is 0 Å². The second-order valence-corrected chi connectivity index (χ2v) is 10.3. The minimum Gasteiger partial charge on any atom is -0.493 e. The fourth-order valence-corrected chi connectivity index (χ4v) is 5.49. The van der Waals surface area contributed by atoms with E-state index in [2.05, 4.69) is 4.99 Å². The maximum atomic E-state index is 13.8. The number of nitrogens with zero attached hydrogens (tertiary/aromatic N) is 2. The minimum atomic E-state index is -0.783. The zero-order valence-corrected chi connectivity index (χ0v) is 23.3. The molecule has 1 aromatic heterocycles. The lowest BCUT2D eigenvalue weighted by Crippen LogP contribution is -2.40. The Morgan fingerprint density at radius 3 is 2.65 bits per heavy atom. The Labute approximate surface area is 228 Å². The van der Waals surface area contributed by atoms with Gasteiger partial charge in [-0.05, 0) is 63.1 Å². The molecule has 0 saturated carbocycles. The highest BCUT2D eigenvalue weighted by Gasteiger charge is 2.34. The summed E-state index contributed by atoms with van der Waals surface area (Å²) in [5, 5.41) is 0.734. The van der Waals surface area contributed by atoms with Gasteiger partial charge in [-0.15, -0.1) is 0 Å². The van der Waals surface area contributed by atoms with Crippen molar-refractivity contribution in [1.82, 2.24) is 4.57 Å². The first-order valence-corrected chi connectivity index (χ1v) is 13.2. The molecule has 0 aliphatic carbocycles. The third-order valence-electron chi connectivity index (χ3n) is 5.65. The van der Waals surface area contributed by atoms with Crippen LogP contribution in [0.5, 0.6) is 11.5 Å². The van der Waals surface area contributed by atoms with E-state index in [-0.39, 0.29) is 23.8 Å². The number of aromatic nitrogens is 1. The number of carbonyl (C=O) groups is 1. The van der Waals surface area contributed by atoms with Crippen molar-refractivity contribution in [3.05, 3.63) is 88.5 Å². The number of hydrogen-bond acceptors (Lipinski definition) is 7. The molecule has 4 rings (SSSR count). The van der Waals surface area contributed by atoms with Crippen molar-refractivity contribution in [3.8, 4) is 11.5 Å². The van der Waals surface area contributed by atoms with Gasteiger partial charge in [-0.1, -0.05) is 52.7 Å². The van der Waals surface area contributed by atoms with Crippen LogP contribution in [0.25, 0.3) is 6.08 Å². The third kappa shape index (κ3) is 5.32. The Hall–Kier alpha value is -3.07. The van der Waals surface area contributed by atoms with Crippen LogP contribution in [-0.2, 0) is 9.53 Å². The van der Waals surface area contributed by atoms with Gasteiger partial charge in [0.2, 0.25) is 0 Å². The van der Waals surface area contributed by atoms with Crippen molar-refractivity contribution < 1.29 is 19.0 Å². The van der Waals surface area contributed by atoms with Crippen molar-refractivity contribution in [2.24, 2.45) is 4.99 Å². The summed E-state index contributed by atoms with van der Waals surface area (Å²) in [4.78, 5) is 31.9. The molecule has 0 spiro atoms. The number of carbonyl (C=O) groups excluding carboxylic acids is 1. The molecule has 194 valence electrons. The molecular weight excluding hydrogens is 535 g/mol. The number of fused-ring (bicyclic) bond motifs is 1. The van der Waals surface area contributed by atoms with E-state index in [0.717, 1.165) is 0 Å². The Kier molecular flexibility index (Phi) is 8.11. The maximum absolute atomic E-state index is 13.8. The first-order valence-electron chi connectivity index (χ1n) is 11.6. The normalized spacial score (nSPS) is 15.5. The number of methoxy groups -OCH3 is 1. The molecule has 0 N–H and O–H groups in total. The summed E-state index contributed by atoms with van der Waals surface area (Å²) in [6, 6.07) is 9.78. The second-order valence-electron chi connectivity index (χ2n) is 8.52. The Bertz CT molecular complexity index is 1570. The van der Waals surface area contributed by atoms with Crippen LogP contribution in [0.2, 0.25) is 10.0 Å². The molecule has 7 nitrogen and oxygen atoms in total. The average molecular weight is 561 g/mol. The second kappa shape index (κ2) is 11.1. The number of benzene rings is 2. The quantitative estimate of drug-likeness (QED) is 0.384. The molecule has 0 bridgehead atoms. The van der Waals surface area contributed by atoms with Crippen molar-refractivity contribution in [2.45, 2.75) is 39.8 Å². The van der Waals surface area contributed by atoms with Crippen LogP contribution >= 0.6 is 34.5 Å². The van der Waals surface area contributed by atoms with Crippen LogP contribution < -0.4 is 24.4 Å². The summed E-state index contributed by atoms with van der Waals surface area (Å²) in [6.45, 7) is 7.49. The fraction of sp³-hybridized carbons (Fsp3) is 0.296. The van der Waals surface area contributed by atoms with E-state index >= 15 is 0 Å². The van der Waals surface area contributed by atoms with Gasteiger partial charge < -0.3 is 14.2 Å². The van der Waals surface area contributed by atoms with Gasteiger partial charge in [0.15, 0.2) is 16.3 Å². The Balaban J connectivity index is 1.96. The molecule has 0 fully saturated rings. The van der Waals surface area contributed by atoms with Crippen molar-refractivity contribution in [1.29, 1.82) is 0 Å². The fourth-order valence-electron chi connectivity index (χ4n) is 4.09. The molecule has 10 heteroatoms. The number of allylic oxidation sites excluding steroid dienone is 1. The van der Waals surface area contributed by atoms with Crippen molar-refractivity contribution in [2.75, 3.05) is 13.7 Å². The van der Waals surface area contributed by atoms with Crippen LogP contribution in [0.1, 0.15) is 44.9 Å². The Morgan fingerprint density at radius 2 is 1.97 bits per heavy atom. The zero-order valence-electron chi connectivity index (χ0n) is 21.0. The van der Waals surface area contributed by atoms with Gasteiger partial charge in [0.1, 0.15) is 0 Å². The Morgan fingerprint density at radius 1 is 1.22 bits per heavy atom. The van der Waals surface area contributed by atoms with Gasteiger partial charge in [-0.25, -0.2) is 9.79 Å². The van der Waals surface area contributed by atoms with Crippen LogP contribution in [0.15, 0.2) is 57.5 Å². The first kappa shape index (κ1) is 27.0. The summed E-state index contributed by atoms with van der Waals surface area (Å²) in [5.74, 6) is 0.502. The smallest absolute Gasteiger partial charge is 0.338 e. The van der Waals surface area contributed by atoms with Gasteiger partial charge >= 0.3 is 5.97 Å². The van der Waals surface area contributed by atoms with Gasteiger partial charge in [0.05, 0.1) is 51.7 Å². The standard InChI is InChI=1S/C27H26Cl2N2O5S/c1-6-35-26(33)22-15(4)30-27-31(24(22)17-10-11-19(36-14(2)3)20(12-17)34-5)25(32)21(37-27)13-16-8-7-9-18(28)23(16)29/h7-14,24H,6H2,1-5H3. The van der Waals surface area contributed by atoms with E-state index in [4.69, 9.17) is 37.4 Å². The molecule has 37 heavy (non-hydrogen) atoms. The number of esters is 1. The van der Waals surface area contributed by atoms with Crippen LogP contribution in [0.3, 0.4) is 0 Å². The van der Waals surface area contributed by atoms with Crippen LogP contribution in [-0.4, -0.2) is 30.4 Å². The van der Waals surface area contributed by atoms with Gasteiger partial charge in [0, 0.05) is 0 Å². The van der Waals surface area contributed by atoms with E-state index in [1.54, 1.807) is 57.4 Å². The predicted molar refractivity (Wildman–Crippen MR) is 146 cm³/mol. The lowest BCUT2D eigenvalue weighted by Gasteiger charge is -2.25. The lowest BCUT2D eigenvalue weighted by atomic mass is 9.95. The zero-order chi connectivity index (χ0) is 26.9. The molecular formula is C27H26Cl2N2O5S. The van der Waals surface area contributed by atoms with E-state index in [0.29, 0.717) is 47.7 Å². The molecule has 2 aromatic carbocycles. The third-order valence-corrected chi connectivity index (χ3v) is 7.47. The molecule has 0 radical (unpaired) electrons. The summed E-state index contributed by atoms with van der Waals surface area (Å²) in [7, 11) is 1.54. The monoisotopic (exact) mass is 560 g/mol. The van der Waals surface area contributed by atoms with Gasteiger partial charge in [0.25, 0.3) is 5.56 Å². The molecule has 1 unspecified atom stereocenters. The topological polar surface area (TPSA) is 79.1 Å². The van der Waals surface area contributed by atoms with E-state index in [1.807, 2.05) is 19.9 Å². The van der Waals surface area contributed by atoms with Crippen LogP contribution in [0.4, 0.5) is 0 Å². The summed E-state index contributed by atoms with van der Waals surface area (Å²) < 4.78 is 18.7. The molecule has 2 heterocycles. The number of halogens is 2. The largest absolute Gasteiger partial charge is 0.493 e. The molecule has 1 aliphatic rings. The summed E-state index contributed by atoms with van der Waals surface area (Å²) >= 11 is 13.7. The molecule has 0 saturated heterocycles. The molecule has 1 aliphatic heterocycles. The highest BCUT2D eigenvalue weighted by molar-refractivity contribution is 7.07. The molecule has 1 atom stereocenters. The predicted octanol–water partition coefficient (Wildman–Crippen LogP) is 4.90. The summed E-state index contributed by atoms with van der Waals surface area (Å²) in [5.41, 5.74) is 1.69. The van der Waals surface area contributed by atoms with E-state index < -0.39 is 12.0 Å². The summed E-state index contributed by atoms with van der Waals surface area (Å²) in [6.07, 6.45) is 1.62. The highest BCUT2D eigenvalue weighted by atomic mass is 35.5. The van der Waals surface area contributed by atoms with E-state index in [1.165, 1.54) is 15.9 Å². The first-order chi connectivity index (χ1) is 17.7. The highest BCUT2D eigenvalue weighted by Crippen LogP contribution is 2.36. The SMILES string of the molecule is CCOC(=O)C1=C(C)N=c2sc(=Cc3cccc(Cl)c3Cl)c(=O)n2C1c1ccc(OC(C)C)c(OC)c1. The maximum Gasteiger partial charge on any atom is 0.338 e.